The number of rotatable bonds is 4. The quantitative estimate of drug-likeness (QED) is 0.169. The van der Waals surface area contributed by atoms with Gasteiger partial charge in [0.2, 0.25) is 0 Å². The Labute approximate surface area is 327 Å². The van der Waals surface area contributed by atoms with Gasteiger partial charge < -0.3 is 13.7 Å². The SMILES string of the molecule is c1ccc2c(c1)oc1cc(N(c3ccc(-c4ccc5c(c4)c4cccc6c7ccccc7n5c64)cc3)c3ccc4c5ccccc5c5ccccc5c4c3)ccc12. The van der Waals surface area contributed by atoms with Crippen LogP contribution in [-0.4, -0.2) is 4.40 Å². The van der Waals surface area contributed by atoms with Crippen molar-refractivity contribution in [2.45, 2.75) is 0 Å². The zero-order valence-electron chi connectivity index (χ0n) is 30.8. The van der Waals surface area contributed by atoms with E-state index in [4.69, 9.17) is 4.42 Å². The monoisotopic (exact) mass is 724 g/mol. The van der Waals surface area contributed by atoms with Crippen molar-refractivity contribution in [3.63, 3.8) is 0 Å². The zero-order valence-corrected chi connectivity index (χ0v) is 30.8. The number of benzene rings is 10. The van der Waals surface area contributed by atoms with E-state index in [1.54, 1.807) is 0 Å². The molecule has 13 aromatic rings. The summed E-state index contributed by atoms with van der Waals surface area (Å²) in [4.78, 5) is 2.36. The van der Waals surface area contributed by atoms with E-state index in [0.717, 1.165) is 39.0 Å². The van der Waals surface area contributed by atoms with Crippen LogP contribution >= 0.6 is 0 Å². The van der Waals surface area contributed by atoms with Gasteiger partial charge in [-0.05, 0) is 104 Å². The molecule has 264 valence electrons. The summed E-state index contributed by atoms with van der Waals surface area (Å²) in [7, 11) is 0. The van der Waals surface area contributed by atoms with Crippen LogP contribution in [0.5, 0.6) is 0 Å². The normalized spacial score (nSPS) is 12.2. The molecular weight excluding hydrogens is 693 g/mol. The van der Waals surface area contributed by atoms with Crippen LogP contribution in [0.4, 0.5) is 17.1 Å². The Bertz CT molecular complexity index is 3720. The van der Waals surface area contributed by atoms with E-state index >= 15 is 0 Å². The smallest absolute Gasteiger partial charge is 0.137 e. The third kappa shape index (κ3) is 4.31. The Balaban J connectivity index is 0.986. The van der Waals surface area contributed by atoms with Gasteiger partial charge in [-0.2, -0.15) is 0 Å². The van der Waals surface area contributed by atoms with Crippen LogP contribution in [0.2, 0.25) is 0 Å². The lowest BCUT2D eigenvalue weighted by atomic mass is 9.94. The molecule has 0 amide bonds. The summed E-state index contributed by atoms with van der Waals surface area (Å²) in [5.74, 6) is 0. The highest BCUT2D eigenvalue weighted by molar-refractivity contribution is 6.26. The molecule has 13 rings (SSSR count). The van der Waals surface area contributed by atoms with Crippen molar-refractivity contribution < 1.29 is 4.42 Å². The van der Waals surface area contributed by atoms with E-state index in [0.29, 0.717) is 0 Å². The number of para-hydroxylation sites is 3. The predicted molar refractivity (Wildman–Crippen MR) is 241 cm³/mol. The average molecular weight is 725 g/mol. The van der Waals surface area contributed by atoms with Gasteiger partial charge in [0.15, 0.2) is 0 Å². The van der Waals surface area contributed by atoms with Gasteiger partial charge >= 0.3 is 0 Å². The molecule has 0 bridgehead atoms. The van der Waals surface area contributed by atoms with Crippen LogP contribution in [0.1, 0.15) is 0 Å². The molecule has 0 aliphatic carbocycles. The third-order valence-corrected chi connectivity index (χ3v) is 12.3. The molecule has 0 fully saturated rings. The van der Waals surface area contributed by atoms with Crippen molar-refractivity contribution in [2.75, 3.05) is 4.90 Å². The highest BCUT2D eigenvalue weighted by Gasteiger charge is 2.20. The summed E-state index contributed by atoms with van der Waals surface area (Å²) in [6.45, 7) is 0. The number of furan rings is 1. The van der Waals surface area contributed by atoms with Crippen molar-refractivity contribution in [3.05, 3.63) is 194 Å². The van der Waals surface area contributed by atoms with Crippen LogP contribution in [0.25, 0.3) is 103 Å². The Morgan fingerprint density at radius 2 is 0.807 bits per heavy atom. The maximum Gasteiger partial charge on any atom is 0.137 e. The minimum absolute atomic E-state index is 0.874. The molecule has 3 heteroatoms. The first-order valence-electron chi connectivity index (χ1n) is 19.6. The molecule has 10 aromatic carbocycles. The number of hydrogen-bond donors (Lipinski definition) is 0. The van der Waals surface area contributed by atoms with Crippen LogP contribution in [0.15, 0.2) is 199 Å². The van der Waals surface area contributed by atoms with E-state index in [9.17, 15) is 0 Å². The summed E-state index contributed by atoms with van der Waals surface area (Å²) in [5, 5.41) is 15.0. The Kier molecular flexibility index (Phi) is 6.16. The topological polar surface area (TPSA) is 20.8 Å². The number of nitrogens with zero attached hydrogens (tertiary/aromatic N) is 2. The van der Waals surface area contributed by atoms with Crippen molar-refractivity contribution in [1.82, 2.24) is 4.40 Å². The Hall–Kier alpha value is -7.62. The predicted octanol–water partition coefficient (Wildman–Crippen LogP) is 15.3. The molecular formula is C54H32N2O. The first kappa shape index (κ1) is 30.7. The molecule has 3 nitrogen and oxygen atoms in total. The van der Waals surface area contributed by atoms with Gasteiger partial charge in [0.05, 0.1) is 16.6 Å². The molecule has 0 unspecified atom stereocenters. The molecule has 0 N–H and O–H groups in total. The van der Waals surface area contributed by atoms with Gasteiger partial charge in [-0.1, -0.05) is 127 Å². The molecule has 0 radical (unpaired) electrons. The van der Waals surface area contributed by atoms with E-state index in [1.165, 1.54) is 81.5 Å². The highest BCUT2D eigenvalue weighted by Crippen LogP contribution is 2.44. The van der Waals surface area contributed by atoms with Crippen molar-refractivity contribution in [3.8, 4) is 11.1 Å². The second-order valence-electron chi connectivity index (χ2n) is 15.3. The largest absolute Gasteiger partial charge is 0.456 e. The Morgan fingerprint density at radius 3 is 1.56 bits per heavy atom. The lowest BCUT2D eigenvalue weighted by Gasteiger charge is -2.26. The summed E-state index contributed by atoms with van der Waals surface area (Å²) in [6, 6.07) is 70.8. The van der Waals surface area contributed by atoms with Crippen molar-refractivity contribution >= 4 is 109 Å². The van der Waals surface area contributed by atoms with E-state index in [2.05, 4.69) is 191 Å². The molecule has 0 atom stereocenters. The van der Waals surface area contributed by atoms with Gasteiger partial charge in [0.1, 0.15) is 11.2 Å². The lowest BCUT2D eigenvalue weighted by Crippen LogP contribution is -2.09. The minimum atomic E-state index is 0.874. The van der Waals surface area contributed by atoms with Gasteiger partial charge in [0, 0.05) is 55.4 Å². The molecule has 57 heavy (non-hydrogen) atoms. The van der Waals surface area contributed by atoms with Crippen LogP contribution < -0.4 is 4.90 Å². The molecule has 0 saturated carbocycles. The molecule has 3 aromatic heterocycles. The van der Waals surface area contributed by atoms with E-state index in [1.807, 2.05) is 12.1 Å². The van der Waals surface area contributed by atoms with Gasteiger partial charge in [0.25, 0.3) is 0 Å². The summed E-state index contributed by atoms with van der Waals surface area (Å²) in [5.41, 5.74) is 11.2. The van der Waals surface area contributed by atoms with E-state index in [-0.39, 0.29) is 0 Å². The molecule has 0 spiro atoms. The van der Waals surface area contributed by atoms with Gasteiger partial charge in [-0.25, -0.2) is 0 Å². The Morgan fingerprint density at radius 1 is 0.298 bits per heavy atom. The molecule has 0 aliphatic heterocycles. The average Bonchev–Trinajstić information content (AvgIpc) is 3.94. The zero-order chi connectivity index (χ0) is 37.2. The minimum Gasteiger partial charge on any atom is -0.456 e. The van der Waals surface area contributed by atoms with Crippen molar-refractivity contribution in [2.24, 2.45) is 0 Å². The standard InChI is InChI=1S/C54H32N2O/c1-2-12-40-38(10-1)39-11-3-4-13-41(39)48-31-36(25-27-42(40)48)55(37-26-28-45-44-15-6-8-19-52(44)57-53(45)32-37)35-23-20-33(21-24-35)34-22-29-51-49(30-34)47-17-9-16-46-43-14-5-7-18-50(43)56(51)54(46)47/h1-32H. The fourth-order valence-corrected chi connectivity index (χ4v) is 9.75. The fraction of sp³-hybridized carbons (Fsp3) is 0. The van der Waals surface area contributed by atoms with Crippen LogP contribution in [0.3, 0.4) is 0 Å². The maximum atomic E-state index is 6.44. The second kappa shape index (κ2) is 11.5. The number of anilines is 3. The number of aromatic nitrogens is 1. The van der Waals surface area contributed by atoms with Gasteiger partial charge in [-0.3, -0.25) is 0 Å². The first-order valence-corrected chi connectivity index (χ1v) is 19.6. The number of hydrogen-bond acceptors (Lipinski definition) is 2. The molecule has 0 saturated heterocycles. The van der Waals surface area contributed by atoms with Crippen LogP contribution in [0, 0.1) is 0 Å². The van der Waals surface area contributed by atoms with Crippen molar-refractivity contribution in [1.29, 1.82) is 0 Å². The van der Waals surface area contributed by atoms with E-state index < -0.39 is 0 Å². The third-order valence-electron chi connectivity index (χ3n) is 12.3. The second-order valence-corrected chi connectivity index (χ2v) is 15.3. The first-order chi connectivity index (χ1) is 28.3. The summed E-state index contributed by atoms with van der Waals surface area (Å²) >= 11 is 0. The number of fused-ring (bicyclic) bond motifs is 15. The maximum absolute atomic E-state index is 6.44. The summed E-state index contributed by atoms with van der Waals surface area (Å²) < 4.78 is 8.88. The lowest BCUT2D eigenvalue weighted by molar-refractivity contribution is 0.669. The molecule has 0 aliphatic rings. The highest BCUT2D eigenvalue weighted by atomic mass is 16.3. The van der Waals surface area contributed by atoms with Crippen LogP contribution in [-0.2, 0) is 0 Å². The summed E-state index contributed by atoms with van der Waals surface area (Å²) in [6.07, 6.45) is 0. The molecule has 3 heterocycles. The fourth-order valence-electron chi connectivity index (χ4n) is 9.75. The van der Waals surface area contributed by atoms with Gasteiger partial charge in [-0.15, -0.1) is 0 Å².